The summed E-state index contributed by atoms with van der Waals surface area (Å²) in [5, 5.41) is 7.80. The van der Waals surface area contributed by atoms with Crippen LogP contribution in [0.2, 0.25) is 0 Å². The smallest absolute Gasteiger partial charge is 0.267 e. The molecule has 4 aromatic rings. The lowest BCUT2D eigenvalue weighted by atomic mass is 10.1. The van der Waals surface area contributed by atoms with E-state index in [4.69, 9.17) is 4.74 Å². The van der Waals surface area contributed by atoms with Gasteiger partial charge in [-0.2, -0.15) is 0 Å². The molecule has 0 aliphatic rings. The van der Waals surface area contributed by atoms with Crippen LogP contribution >= 0.6 is 0 Å². The van der Waals surface area contributed by atoms with Gasteiger partial charge in [0.2, 0.25) is 11.8 Å². The number of ether oxygens (including phenoxy) is 1. The van der Waals surface area contributed by atoms with Crippen LogP contribution in [0.3, 0.4) is 0 Å². The number of anilines is 1. The first-order valence-corrected chi connectivity index (χ1v) is 9.21. The minimum atomic E-state index is -2.84. The zero-order chi connectivity index (χ0) is 20.6. The van der Waals surface area contributed by atoms with Crippen LogP contribution in [0, 0.1) is 0 Å². The van der Waals surface area contributed by atoms with Crippen molar-refractivity contribution in [2.24, 2.45) is 0 Å². The first-order valence-electron chi connectivity index (χ1n) is 9.21. The molecule has 1 aromatic carbocycles. The molecule has 9 heteroatoms. The molecule has 0 saturated carbocycles. The monoisotopic (exact) mass is 398 g/mol. The number of nitrogens with one attached hydrogen (secondary N) is 1. The molecule has 3 aromatic heterocycles. The molecule has 1 atom stereocenters. The van der Waals surface area contributed by atoms with Crippen LogP contribution in [0.15, 0.2) is 43.0 Å². The lowest BCUT2D eigenvalue weighted by Crippen LogP contribution is -2.37. The van der Waals surface area contributed by atoms with Gasteiger partial charge in [0.15, 0.2) is 0 Å². The van der Waals surface area contributed by atoms with E-state index in [2.05, 4.69) is 25.4 Å². The quantitative estimate of drug-likeness (QED) is 0.525. The lowest BCUT2D eigenvalue weighted by molar-refractivity contribution is -0.0172. The van der Waals surface area contributed by atoms with Gasteiger partial charge in [0.05, 0.1) is 35.8 Å². The molecule has 0 amide bonds. The lowest BCUT2D eigenvalue weighted by Gasteiger charge is -2.23. The van der Waals surface area contributed by atoms with E-state index < -0.39 is 12.0 Å². The van der Waals surface area contributed by atoms with Crippen molar-refractivity contribution in [1.82, 2.24) is 24.6 Å². The first kappa shape index (κ1) is 19.0. The van der Waals surface area contributed by atoms with Crippen LogP contribution in [-0.4, -0.2) is 43.6 Å². The zero-order valence-corrected chi connectivity index (χ0v) is 16.2. The fourth-order valence-electron chi connectivity index (χ4n) is 3.18. The van der Waals surface area contributed by atoms with Crippen LogP contribution < -0.4 is 10.1 Å². The molecule has 0 unspecified atom stereocenters. The number of methoxy groups -OCH3 is 1. The number of alkyl halides is 2. The topological polar surface area (TPSA) is 77.2 Å². The van der Waals surface area contributed by atoms with E-state index in [-0.39, 0.29) is 12.4 Å². The third-order valence-electron chi connectivity index (χ3n) is 4.97. The third-order valence-corrected chi connectivity index (χ3v) is 4.97. The first-order chi connectivity index (χ1) is 13.9. The predicted octanol–water partition coefficient (Wildman–Crippen LogP) is 4.19. The van der Waals surface area contributed by atoms with E-state index in [1.54, 1.807) is 24.0 Å². The molecular weight excluding hydrogens is 378 g/mol. The summed E-state index contributed by atoms with van der Waals surface area (Å²) in [6.45, 7) is 2.87. The van der Waals surface area contributed by atoms with Crippen LogP contribution in [0.1, 0.15) is 20.3 Å². The highest BCUT2D eigenvalue weighted by molar-refractivity contribution is 5.91. The molecule has 1 N–H and O–H groups in total. The summed E-state index contributed by atoms with van der Waals surface area (Å²) in [6.07, 6.45) is 4.58. The molecule has 0 fully saturated rings. The standard InChI is InChI=1S/C20H20F2N6O/c1-4-20(21,22)12(2)26-19-23-10-17-14(7-8-28(17)27-19)13-5-6-16-15(9-13)18(29-3)25-11-24-16/h5-12H,4H2,1-3H3,(H,26,27)/t12-/m1/s1. The fourth-order valence-corrected chi connectivity index (χ4v) is 3.18. The Bertz CT molecular complexity index is 1180. The van der Waals surface area contributed by atoms with E-state index >= 15 is 0 Å². The highest BCUT2D eigenvalue weighted by Crippen LogP contribution is 2.31. The van der Waals surface area contributed by atoms with E-state index in [0.29, 0.717) is 5.88 Å². The SMILES string of the molecule is CCC(F)(F)[C@@H](C)Nc1ncc2c(-c3ccc4ncnc(OC)c4c3)ccn2n1. The summed E-state index contributed by atoms with van der Waals surface area (Å²) in [5.41, 5.74) is 3.35. The predicted molar refractivity (Wildman–Crippen MR) is 106 cm³/mol. The Balaban J connectivity index is 1.70. The number of benzene rings is 1. The van der Waals surface area contributed by atoms with Gasteiger partial charge >= 0.3 is 0 Å². The second-order valence-corrected chi connectivity index (χ2v) is 6.74. The summed E-state index contributed by atoms with van der Waals surface area (Å²) >= 11 is 0. The van der Waals surface area contributed by atoms with Gasteiger partial charge in [0.1, 0.15) is 6.33 Å². The molecule has 0 saturated heterocycles. The summed E-state index contributed by atoms with van der Waals surface area (Å²) < 4.78 is 34.6. The maximum absolute atomic E-state index is 13.8. The van der Waals surface area contributed by atoms with Crippen molar-refractivity contribution < 1.29 is 13.5 Å². The Labute approximate surface area is 165 Å². The van der Waals surface area contributed by atoms with E-state index in [0.717, 1.165) is 27.5 Å². The van der Waals surface area contributed by atoms with Crippen molar-refractivity contribution in [3.05, 3.63) is 43.0 Å². The Morgan fingerprint density at radius 1 is 1.21 bits per heavy atom. The number of rotatable bonds is 6. The summed E-state index contributed by atoms with van der Waals surface area (Å²) in [4.78, 5) is 12.6. The molecular formula is C20H20F2N6O. The summed E-state index contributed by atoms with van der Waals surface area (Å²) in [6, 6.07) is 6.60. The number of nitrogens with zero attached hydrogens (tertiary/aromatic N) is 5. The van der Waals surface area contributed by atoms with Crippen molar-refractivity contribution in [2.45, 2.75) is 32.2 Å². The molecule has 0 aliphatic carbocycles. The van der Waals surface area contributed by atoms with E-state index in [1.807, 2.05) is 24.3 Å². The highest BCUT2D eigenvalue weighted by Gasteiger charge is 2.34. The van der Waals surface area contributed by atoms with Gasteiger partial charge in [-0.1, -0.05) is 13.0 Å². The molecule has 3 heterocycles. The van der Waals surface area contributed by atoms with Crippen LogP contribution in [-0.2, 0) is 0 Å². The molecule has 0 bridgehead atoms. The van der Waals surface area contributed by atoms with Gasteiger partial charge in [-0.15, -0.1) is 5.10 Å². The maximum Gasteiger partial charge on any atom is 0.267 e. The van der Waals surface area contributed by atoms with Crippen molar-refractivity contribution in [2.75, 3.05) is 12.4 Å². The molecule has 4 rings (SSSR count). The Morgan fingerprint density at radius 3 is 2.79 bits per heavy atom. The van der Waals surface area contributed by atoms with Gasteiger partial charge in [0.25, 0.3) is 5.92 Å². The number of halogens is 2. The van der Waals surface area contributed by atoms with Crippen molar-refractivity contribution >= 4 is 22.4 Å². The van der Waals surface area contributed by atoms with Crippen molar-refractivity contribution in [3.8, 4) is 17.0 Å². The number of fused-ring (bicyclic) bond motifs is 2. The van der Waals surface area contributed by atoms with Crippen LogP contribution in [0.5, 0.6) is 5.88 Å². The molecule has 0 aliphatic heterocycles. The van der Waals surface area contributed by atoms with Crippen molar-refractivity contribution in [3.63, 3.8) is 0 Å². The van der Waals surface area contributed by atoms with Gasteiger partial charge in [-0.3, -0.25) is 0 Å². The van der Waals surface area contributed by atoms with E-state index in [9.17, 15) is 8.78 Å². The van der Waals surface area contributed by atoms with Crippen LogP contribution in [0.25, 0.3) is 27.5 Å². The average Bonchev–Trinajstić information content (AvgIpc) is 3.16. The third kappa shape index (κ3) is 3.43. The average molecular weight is 398 g/mol. The van der Waals surface area contributed by atoms with Gasteiger partial charge in [0, 0.05) is 18.2 Å². The Kier molecular flexibility index (Phi) is 4.73. The number of hydrogen-bond acceptors (Lipinski definition) is 6. The largest absolute Gasteiger partial charge is 0.480 e. The molecule has 7 nitrogen and oxygen atoms in total. The highest BCUT2D eigenvalue weighted by atomic mass is 19.3. The zero-order valence-electron chi connectivity index (χ0n) is 16.2. The Hall–Kier alpha value is -3.36. The molecule has 29 heavy (non-hydrogen) atoms. The van der Waals surface area contributed by atoms with Gasteiger partial charge in [-0.05, 0) is 30.7 Å². The minimum absolute atomic E-state index is 0.147. The minimum Gasteiger partial charge on any atom is -0.480 e. The fraction of sp³-hybridized carbons (Fsp3) is 0.300. The molecule has 0 radical (unpaired) electrons. The van der Waals surface area contributed by atoms with Gasteiger partial charge < -0.3 is 10.1 Å². The van der Waals surface area contributed by atoms with Gasteiger partial charge in [-0.25, -0.2) is 28.2 Å². The molecule has 150 valence electrons. The second kappa shape index (κ2) is 7.23. The summed E-state index contributed by atoms with van der Waals surface area (Å²) in [5.74, 6) is -2.20. The van der Waals surface area contributed by atoms with Crippen molar-refractivity contribution in [1.29, 1.82) is 0 Å². The normalized spacial score (nSPS) is 13.0. The van der Waals surface area contributed by atoms with Crippen LogP contribution in [0.4, 0.5) is 14.7 Å². The maximum atomic E-state index is 13.8. The Morgan fingerprint density at radius 2 is 2.03 bits per heavy atom. The second-order valence-electron chi connectivity index (χ2n) is 6.74. The van der Waals surface area contributed by atoms with E-state index in [1.165, 1.54) is 20.2 Å². The summed E-state index contributed by atoms with van der Waals surface area (Å²) in [7, 11) is 1.56. The number of hydrogen-bond donors (Lipinski definition) is 1. The molecule has 0 spiro atoms. The number of aromatic nitrogens is 5.